The summed E-state index contributed by atoms with van der Waals surface area (Å²) in [7, 11) is 2.17. The average Bonchev–Trinajstić information content (AvgIpc) is 3.12. The second-order valence-corrected chi connectivity index (χ2v) is 8.18. The van der Waals surface area contributed by atoms with Crippen molar-refractivity contribution in [2.75, 3.05) is 36.5 Å². The molecule has 0 saturated carbocycles. The van der Waals surface area contributed by atoms with Gasteiger partial charge in [0, 0.05) is 23.8 Å². The number of nitrogens with zero attached hydrogens (tertiary/aromatic N) is 5. The molecule has 1 fully saturated rings. The van der Waals surface area contributed by atoms with Crippen LogP contribution in [0.3, 0.4) is 0 Å². The lowest BCUT2D eigenvalue weighted by Crippen LogP contribution is -2.37. The maximum atomic E-state index is 5.91. The first kappa shape index (κ1) is 19.4. The Balaban J connectivity index is 1.62. The van der Waals surface area contributed by atoms with Gasteiger partial charge in [-0.15, -0.1) is 0 Å². The highest BCUT2D eigenvalue weighted by atomic mass is 15.4. The number of fused-ring (bicyclic) bond motifs is 1. The third-order valence-electron chi connectivity index (χ3n) is 5.47. The molecule has 8 nitrogen and oxygen atoms in total. The minimum atomic E-state index is 0.334. The van der Waals surface area contributed by atoms with Crippen LogP contribution in [0.4, 0.5) is 17.6 Å². The van der Waals surface area contributed by atoms with Crippen LogP contribution in [0.25, 0.3) is 5.65 Å². The summed E-state index contributed by atoms with van der Waals surface area (Å²) in [5.41, 5.74) is 9.72. The molecule has 154 valence electrons. The first-order valence-corrected chi connectivity index (χ1v) is 10.3. The number of likely N-dealkylation sites (tertiary alicyclic amines) is 1. The molecule has 4 N–H and O–H groups in total. The van der Waals surface area contributed by atoms with Crippen molar-refractivity contribution in [3.05, 3.63) is 41.6 Å². The van der Waals surface area contributed by atoms with Gasteiger partial charge in [-0.3, -0.25) is 0 Å². The Morgan fingerprint density at radius 1 is 1.21 bits per heavy atom. The minimum Gasteiger partial charge on any atom is -0.399 e. The van der Waals surface area contributed by atoms with E-state index in [0.29, 0.717) is 30.4 Å². The molecule has 0 amide bonds. The molecule has 1 aliphatic rings. The number of piperidine rings is 1. The molecule has 0 unspecified atom stereocenters. The van der Waals surface area contributed by atoms with Crippen LogP contribution in [0, 0.1) is 0 Å². The molecule has 8 heteroatoms. The first-order chi connectivity index (χ1) is 14.0. The molecule has 2 aromatic heterocycles. The van der Waals surface area contributed by atoms with Gasteiger partial charge in [0.2, 0.25) is 11.9 Å². The number of anilines is 3. The fourth-order valence-electron chi connectivity index (χ4n) is 3.70. The summed E-state index contributed by atoms with van der Waals surface area (Å²) >= 11 is 0. The van der Waals surface area contributed by atoms with Gasteiger partial charge in [-0.25, -0.2) is 0 Å². The van der Waals surface area contributed by atoms with Crippen molar-refractivity contribution in [1.29, 1.82) is 0 Å². The summed E-state index contributed by atoms with van der Waals surface area (Å²) in [4.78, 5) is 11.9. The van der Waals surface area contributed by atoms with Crippen LogP contribution in [0.2, 0.25) is 0 Å². The molecular weight excluding hydrogens is 364 g/mol. The minimum absolute atomic E-state index is 0.334. The van der Waals surface area contributed by atoms with Crippen molar-refractivity contribution in [2.45, 2.75) is 45.2 Å². The molecule has 1 saturated heterocycles. The summed E-state index contributed by atoms with van der Waals surface area (Å²) in [5.74, 6) is 1.67. The third-order valence-corrected chi connectivity index (χ3v) is 5.47. The van der Waals surface area contributed by atoms with E-state index in [0.717, 1.165) is 48.4 Å². The van der Waals surface area contributed by atoms with Crippen molar-refractivity contribution in [1.82, 2.24) is 24.5 Å². The molecule has 1 aromatic carbocycles. The van der Waals surface area contributed by atoms with Crippen molar-refractivity contribution in [3.8, 4) is 0 Å². The highest BCUT2D eigenvalue weighted by Gasteiger charge is 2.20. The number of rotatable bonds is 6. The fraction of sp³-hybridized carbons (Fsp3) is 0.476. The molecule has 0 aliphatic carbocycles. The third kappa shape index (κ3) is 4.42. The van der Waals surface area contributed by atoms with Gasteiger partial charge in [0.05, 0.1) is 6.20 Å². The molecule has 0 radical (unpaired) electrons. The highest BCUT2D eigenvalue weighted by Crippen LogP contribution is 2.23. The second kappa shape index (κ2) is 8.24. The normalized spacial score (nSPS) is 15.9. The topological polar surface area (TPSA) is 96.4 Å². The van der Waals surface area contributed by atoms with E-state index < -0.39 is 0 Å². The van der Waals surface area contributed by atoms with E-state index in [9.17, 15) is 0 Å². The van der Waals surface area contributed by atoms with E-state index in [2.05, 4.69) is 41.5 Å². The summed E-state index contributed by atoms with van der Waals surface area (Å²) in [6.07, 6.45) is 4.07. The predicted molar refractivity (Wildman–Crippen MR) is 117 cm³/mol. The smallest absolute Gasteiger partial charge is 0.229 e. The van der Waals surface area contributed by atoms with Crippen molar-refractivity contribution >= 4 is 23.2 Å². The van der Waals surface area contributed by atoms with Crippen molar-refractivity contribution < 1.29 is 0 Å². The van der Waals surface area contributed by atoms with Gasteiger partial charge in [-0.1, -0.05) is 26.0 Å². The Bertz CT molecular complexity index is 972. The van der Waals surface area contributed by atoms with Crippen LogP contribution in [0.15, 0.2) is 30.5 Å². The van der Waals surface area contributed by atoms with E-state index >= 15 is 0 Å². The molecule has 3 heterocycles. The summed E-state index contributed by atoms with van der Waals surface area (Å²) < 4.78 is 1.79. The molecule has 3 aromatic rings. The van der Waals surface area contributed by atoms with Crippen molar-refractivity contribution in [3.63, 3.8) is 0 Å². The zero-order valence-electron chi connectivity index (χ0n) is 17.4. The van der Waals surface area contributed by atoms with Gasteiger partial charge in [-0.2, -0.15) is 19.6 Å². The number of nitrogen functional groups attached to an aromatic ring is 1. The van der Waals surface area contributed by atoms with Crippen LogP contribution >= 0.6 is 0 Å². The molecule has 29 heavy (non-hydrogen) atoms. The van der Waals surface area contributed by atoms with Gasteiger partial charge < -0.3 is 21.3 Å². The fourth-order valence-corrected chi connectivity index (χ4v) is 3.70. The van der Waals surface area contributed by atoms with Crippen LogP contribution in [-0.2, 0) is 6.54 Å². The van der Waals surface area contributed by atoms with Gasteiger partial charge in [-0.05, 0) is 56.6 Å². The second-order valence-electron chi connectivity index (χ2n) is 8.18. The molecule has 4 rings (SSSR count). The maximum absolute atomic E-state index is 5.91. The number of hydrogen-bond donors (Lipinski definition) is 3. The summed E-state index contributed by atoms with van der Waals surface area (Å²) in [5, 5.41) is 11.5. The molecule has 0 spiro atoms. The molecule has 0 atom stereocenters. The Morgan fingerprint density at radius 3 is 2.72 bits per heavy atom. The van der Waals surface area contributed by atoms with E-state index in [1.807, 2.05) is 30.5 Å². The molecule has 0 bridgehead atoms. The van der Waals surface area contributed by atoms with Crippen LogP contribution < -0.4 is 16.4 Å². The lowest BCUT2D eigenvalue weighted by Gasteiger charge is -2.29. The predicted octanol–water partition coefficient (Wildman–Crippen LogP) is 2.95. The lowest BCUT2D eigenvalue weighted by atomic mass is 10.1. The van der Waals surface area contributed by atoms with Gasteiger partial charge in [0.1, 0.15) is 0 Å². The van der Waals surface area contributed by atoms with Gasteiger partial charge in [0.25, 0.3) is 0 Å². The zero-order valence-corrected chi connectivity index (χ0v) is 17.4. The van der Waals surface area contributed by atoms with Crippen LogP contribution in [0.1, 0.15) is 43.7 Å². The highest BCUT2D eigenvalue weighted by molar-refractivity contribution is 5.56. The van der Waals surface area contributed by atoms with E-state index in [1.165, 1.54) is 0 Å². The lowest BCUT2D eigenvalue weighted by molar-refractivity contribution is 0.263. The number of nitrogens with two attached hydrogens (primary N) is 1. The van der Waals surface area contributed by atoms with E-state index in [4.69, 9.17) is 15.7 Å². The Kier molecular flexibility index (Phi) is 5.53. The summed E-state index contributed by atoms with van der Waals surface area (Å²) in [6, 6.07) is 8.24. The van der Waals surface area contributed by atoms with Crippen LogP contribution in [0.5, 0.6) is 0 Å². The number of nitrogens with one attached hydrogen (secondary N) is 2. The van der Waals surface area contributed by atoms with Gasteiger partial charge in [0.15, 0.2) is 5.65 Å². The monoisotopic (exact) mass is 394 g/mol. The van der Waals surface area contributed by atoms with Crippen LogP contribution in [-0.4, -0.2) is 50.7 Å². The molecule has 1 aliphatic heterocycles. The largest absolute Gasteiger partial charge is 0.399 e. The maximum Gasteiger partial charge on any atom is 0.229 e. The van der Waals surface area contributed by atoms with E-state index in [1.54, 1.807) is 4.52 Å². The number of hydrogen-bond acceptors (Lipinski definition) is 7. The summed E-state index contributed by atoms with van der Waals surface area (Å²) in [6.45, 7) is 7.10. The zero-order chi connectivity index (χ0) is 20.4. The van der Waals surface area contributed by atoms with E-state index in [-0.39, 0.29) is 0 Å². The number of aromatic nitrogens is 4. The quantitative estimate of drug-likeness (QED) is 0.553. The number of benzene rings is 1. The Hall–Kier alpha value is -2.87. The van der Waals surface area contributed by atoms with Crippen molar-refractivity contribution in [2.24, 2.45) is 0 Å². The molecular formula is C21H30N8. The van der Waals surface area contributed by atoms with Gasteiger partial charge >= 0.3 is 0 Å². The standard InChI is InChI=1S/C21H30N8/c1-14(2)18-13-24-29-19(18)26-20(25-17-7-9-28(3)10-8-17)27-21(29)23-12-15-5-4-6-16(22)11-15/h4-6,11,13-14,17H,7-10,12,22H2,1-3H3,(H2,23,25,26,27). The first-order valence-electron chi connectivity index (χ1n) is 10.3. The SMILES string of the molecule is CC(C)c1cnn2c(NCc3cccc(N)c3)nc(NC3CCN(C)CC3)nc12. The Morgan fingerprint density at radius 2 is 2.00 bits per heavy atom. The average molecular weight is 395 g/mol. The Labute approximate surface area is 171 Å².